The highest BCUT2D eigenvalue weighted by atomic mass is 16.6. The van der Waals surface area contributed by atoms with Gasteiger partial charge in [-0.05, 0) is 66.9 Å². The molecular formula is C26H42N4O5. The number of amides is 4. The second kappa shape index (κ2) is 12.6. The predicted molar refractivity (Wildman–Crippen MR) is 135 cm³/mol. The number of benzene rings is 1. The lowest BCUT2D eigenvalue weighted by Crippen LogP contribution is -2.57. The van der Waals surface area contributed by atoms with E-state index in [1.165, 1.54) is 4.90 Å². The summed E-state index contributed by atoms with van der Waals surface area (Å²) in [6, 6.07) is 6.59. The third-order valence-electron chi connectivity index (χ3n) is 5.13. The van der Waals surface area contributed by atoms with Crippen LogP contribution in [0.3, 0.4) is 0 Å². The van der Waals surface area contributed by atoms with E-state index in [0.717, 1.165) is 0 Å². The summed E-state index contributed by atoms with van der Waals surface area (Å²) in [7, 11) is 0. The van der Waals surface area contributed by atoms with Crippen LogP contribution in [-0.2, 0) is 19.1 Å². The summed E-state index contributed by atoms with van der Waals surface area (Å²) in [6.45, 7) is 14.5. The molecule has 0 fully saturated rings. The zero-order chi connectivity index (χ0) is 27.0. The Hall–Kier alpha value is -3.10. The van der Waals surface area contributed by atoms with E-state index in [2.05, 4.69) is 10.6 Å². The molecule has 3 unspecified atom stereocenters. The molecule has 0 aliphatic carbocycles. The number of nitrogens with zero attached hydrogens (tertiary/aromatic N) is 1. The molecule has 4 N–H and O–H groups in total. The Labute approximate surface area is 209 Å². The van der Waals surface area contributed by atoms with E-state index < -0.39 is 41.1 Å². The molecule has 0 saturated heterocycles. The molecule has 0 aliphatic heterocycles. The monoisotopic (exact) mass is 490 g/mol. The first-order chi connectivity index (χ1) is 16.1. The Morgan fingerprint density at radius 1 is 1.03 bits per heavy atom. The van der Waals surface area contributed by atoms with E-state index in [9.17, 15) is 19.2 Å². The number of nitrogens with two attached hydrogens (primary N) is 1. The number of carbonyl (C=O) groups is 4. The van der Waals surface area contributed by atoms with Crippen molar-refractivity contribution in [1.82, 2.24) is 15.5 Å². The predicted octanol–water partition coefficient (Wildman–Crippen LogP) is 3.43. The molecule has 1 aromatic rings. The molecule has 9 heteroatoms. The molecule has 4 amide bonds. The first-order valence-electron chi connectivity index (χ1n) is 12.0. The lowest BCUT2D eigenvalue weighted by molar-refractivity contribution is -0.146. The minimum Gasteiger partial charge on any atom is -0.444 e. The quantitative estimate of drug-likeness (QED) is 0.462. The fourth-order valence-electron chi connectivity index (χ4n) is 3.48. The van der Waals surface area contributed by atoms with Crippen molar-refractivity contribution in [3.05, 3.63) is 35.9 Å². The molecule has 0 aliphatic rings. The fraction of sp³-hybridized carbons (Fsp3) is 0.615. The number of rotatable bonds is 10. The van der Waals surface area contributed by atoms with Gasteiger partial charge in [0.1, 0.15) is 17.7 Å². The Morgan fingerprint density at radius 2 is 1.60 bits per heavy atom. The fourth-order valence-corrected chi connectivity index (χ4v) is 3.48. The summed E-state index contributed by atoms with van der Waals surface area (Å²) in [5, 5.41) is 5.56. The Kier molecular flexibility index (Phi) is 10.7. The zero-order valence-electron chi connectivity index (χ0n) is 22.3. The smallest absolute Gasteiger partial charge is 0.408 e. The van der Waals surface area contributed by atoms with Crippen LogP contribution in [-0.4, -0.2) is 51.9 Å². The summed E-state index contributed by atoms with van der Waals surface area (Å²) in [5.74, 6) is -1.44. The molecule has 0 heterocycles. The van der Waals surface area contributed by atoms with Crippen molar-refractivity contribution in [2.45, 2.75) is 104 Å². The lowest BCUT2D eigenvalue weighted by Gasteiger charge is -2.39. The molecule has 0 radical (unpaired) electrons. The van der Waals surface area contributed by atoms with E-state index in [1.807, 2.05) is 40.7 Å². The maximum Gasteiger partial charge on any atom is 0.408 e. The van der Waals surface area contributed by atoms with Gasteiger partial charge < -0.3 is 26.0 Å². The van der Waals surface area contributed by atoms with E-state index >= 15 is 0 Å². The Balaban J connectivity index is 3.50. The highest BCUT2D eigenvalue weighted by Gasteiger charge is 2.39. The molecule has 0 spiro atoms. The van der Waals surface area contributed by atoms with E-state index in [1.54, 1.807) is 45.0 Å². The maximum atomic E-state index is 14.0. The van der Waals surface area contributed by atoms with Crippen LogP contribution in [0.1, 0.15) is 86.3 Å². The SMILES string of the molecule is CCC(C)N(C(=O)C(CCC(N)=O)NC(=O)OC(C)(C)C)C(C(=O)NC(C)(C)C)c1ccccc1. The minimum atomic E-state index is -1.11. The van der Waals surface area contributed by atoms with Crippen molar-refractivity contribution in [3.63, 3.8) is 0 Å². The molecule has 9 nitrogen and oxygen atoms in total. The van der Waals surface area contributed by atoms with Gasteiger partial charge in [0.2, 0.25) is 17.7 Å². The second-order valence-electron chi connectivity index (χ2n) is 10.8. The Bertz CT molecular complexity index is 874. The summed E-state index contributed by atoms with van der Waals surface area (Å²) in [4.78, 5) is 53.0. The van der Waals surface area contributed by atoms with E-state index in [4.69, 9.17) is 10.5 Å². The molecule has 1 rings (SSSR count). The number of hydrogen-bond donors (Lipinski definition) is 3. The van der Waals surface area contributed by atoms with Crippen LogP contribution in [0.5, 0.6) is 0 Å². The number of hydrogen-bond acceptors (Lipinski definition) is 5. The van der Waals surface area contributed by atoms with Crippen molar-refractivity contribution >= 4 is 23.8 Å². The summed E-state index contributed by atoms with van der Waals surface area (Å²) in [6.07, 6.45) is -0.375. The average molecular weight is 491 g/mol. The molecule has 0 aromatic heterocycles. The van der Waals surface area contributed by atoms with Gasteiger partial charge in [0.25, 0.3) is 0 Å². The van der Waals surface area contributed by atoms with Gasteiger partial charge in [-0.25, -0.2) is 4.79 Å². The van der Waals surface area contributed by atoms with Crippen molar-refractivity contribution < 1.29 is 23.9 Å². The number of ether oxygens (including phenoxy) is 1. The summed E-state index contributed by atoms with van der Waals surface area (Å²) < 4.78 is 5.33. The first-order valence-corrected chi connectivity index (χ1v) is 12.0. The average Bonchev–Trinajstić information content (AvgIpc) is 2.71. The highest BCUT2D eigenvalue weighted by Crippen LogP contribution is 2.27. The second-order valence-corrected chi connectivity index (χ2v) is 10.8. The third-order valence-corrected chi connectivity index (χ3v) is 5.13. The number of nitrogens with one attached hydrogen (secondary N) is 2. The first kappa shape index (κ1) is 29.9. The lowest BCUT2D eigenvalue weighted by atomic mass is 9.97. The summed E-state index contributed by atoms with van der Waals surface area (Å²) >= 11 is 0. The normalized spacial score (nSPS) is 14.3. The van der Waals surface area contributed by atoms with Gasteiger partial charge in [-0.3, -0.25) is 14.4 Å². The van der Waals surface area contributed by atoms with Crippen molar-refractivity contribution in [2.24, 2.45) is 5.73 Å². The molecule has 3 atom stereocenters. The van der Waals surface area contributed by atoms with Crippen LogP contribution in [0, 0.1) is 0 Å². The van der Waals surface area contributed by atoms with Gasteiger partial charge in [-0.1, -0.05) is 37.3 Å². The van der Waals surface area contributed by atoms with Crippen LogP contribution >= 0.6 is 0 Å². The largest absolute Gasteiger partial charge is 0.444 e. The van der Waals surface area contributed by atoms with Crippen LogP contribution in [0.4, 0.5) is 4.79 Å². The molecule has 0 bridgehead atoms. The van der Waals surface area contributed by atoms with Gasteiger partial charge in [0, 0.05) is 18.0 Å². The molecule has 35 heavy (non-hydrogen) atoms. The molecular weight excluding hydrogens is 448 g/mol. The van der Waals surface area contributed by atoms with Crippen molar-refractivity contribution in [2.75, 3.05) is 0 Å². The standard InChI is InChI=1S/C26H42N4O5/c1-9-17(2)30(21(18-13-11-10-12-14-18)22(32)29-25(3,4)5)23(33)19(15-16-20(27)31)28-24(34)35-26(6,7)8/h10-14,17,19,21H,9,15-16H2,1-8H3,(H2,27,31)(H,28,34)(H,29,32). The van der Waals surface area contributed by atoms with Gasteiger partial charge in [-0.2, -0.15) is 0 Å². The zero-order valence-corrected chi connectivity index (χ0v) is 22.3. The van der Waals surface area contributed by atoms with Gasteiger partial charge in [-0.15, -0.1) is 0 Å². The van der Waals surface area contributed by atoms with Gasteiger partial charge in [0.05, 0.1) is 0 Å². The van der Waals surface area contributed by atoms with Crippen LogP contribution in [0.2, 0.25) is 0 Å². The van der Waals surface area contributed by atoms with Crippen LogP contribution in [0.15, 0.2) is 30.3 Å². The van der Waals surface area contributed by atoms with Crippen molar-refractivity contribution in [1.29, 1.82) is 0 Å². The Morgan fingerprint density at radius 3 is 2.06 bits per heavy atom. The highest BCUT2D eigenvalue weighted by molar-refractivity contribution is 5.93. The van der Waals surface area contributed by atoms with Crippen molar-refractivity contribution in [3.8, 4) is 0 Å². The maximum absolute atomic E-state index is 14.0. The number of carbonyl (C=O) groups excluding carboxylic acids is 4. The topological polar surface area (TPSA) is 131 Å². The van der Waals surface area contributed by atoms with Crippen LogP contribution in [0.25, 0.3) is 0 Å². The number of alkyl carbamates (subject to hydrolysis) is 1. The number of primary amides is 1. The molecule has 196 valence electrons. The minimum absolute atomic E-state index is 0.0251. The van der Waals surface area contributed by atoms with E-state index in [-0.39, 0.29) is 24.8 Å². The molecule has 0 saturated carbocycles. The molecule has 1 aromatic carbocycles. The summed E-state index contributed by atoms with van der Waals surface area (Å²) in [5.41, 5.74) is 4.65. The third kappa shape index (κ3) is 10.4. The van der Waals surface area contributed by atoms with Gasteiger partial charge >= 0.3 is 6.09 Å². The van der Waals surface area contributed by atoms with Gasteiger partial charge in [0.15, 0.2) is 0 Å². The van der Waals surface area contributed by atoms with Crippen LogP contribution < -0.4 is 16.4 Å². The van der Waals surface area contributed by atoms with E-state index in [0.29, 0.717) is 12.0 Å².